The van der Waals surface area contributed by atoms with E-state index in [2.05, 4.69) is 53.6 Å². The molecule has 1 unspecified atom stereocenters. The number of benzene rings is 1. The van der Waals surface area contributed by atoms with Crippen LogP contribution in [0.25, 0.3) is 0 Å². The van der Waals surface area contributed by atoms with Gasteiger partial charge in [0.2, 0.25) is 5.91 Å². The van der Waals surface area contributed by atoms with Gasteiger partial charge in [0.1, 0.15) is 0 Å². The summed E-state index contributed by atoms with van der Waals surface area (Å²) in [5.74, 6) is 1.56. The quantitative estimate of drug-likeness (QED) is 0.525. The molecule has 0 bridgehead atoms. The molecule has 1 aliphatic rings. The maximum Gasteiger partial charge on any atom is 0.233 e. The van der Waals surface area contributed by atoms with E-state index in [4.69, 9.17) is 0 Å². The molecule has 1 fully saturated rings. The molecule has 4 nitrogen and oxygen atoms in total. The molecule has 1 heterocycles. The van der Waals surface area contributed by atoms with Gasteiger partial charge in [-0.1, -0.05) is 92.2 Å². The van der Waals surface area contributed by atoms with Crippen molar-refractivity contribution < 1.29 is 4.79 Å². The van der Waals surface area contributed by atoms with E-state index in [1.54, 1.807) is 23.1 Å². The molecule has 0 aliphatic heterocycles. The zero-order valence-corrected chi connectivity index (χ0v) is 19.3. The number of thioether (sulfide) groups is 2. The topological polar surface area (TPSA) is 54.9 Å². The second kappa shape index (κ2) is 10.6. The van der Waals surface area contributed by atoms with Crippen LogP contribution >= 0.6 is 34.9 Å². The molecular weight excluding hydrogens is 406 g/mol. The third-order valence-electron chi connectivity index (χ3n) is 4.99. The lowest BCUT2D eigenvalue weighted by molar-refractivity contribution is -0.121. The Bertz CT molecular complexity index is 755. The van der Waals surface area contributed by atoms with Crippen molar-refractivity contribution in [1.82, 2.24) is 15.5 Å². The monoisotopic (exact) mass is 435 g/mol. The summed E-state index contributed by atoms with van der Waals surface area (Å²) in [4.78, 5) is 12.4. The van der Waals surface area contributed by atoms with E-state index < -0.39 is 0 Å². The maximum absolute atomic E-state index is 12.4. The fraction of sp³-hybridized carbons (Fsp3) is 0.571. The number of hydrogen-bond donors (Lipinski definition) is 1. The first-order valence-electron chi connectivity index (χ1n) is 10.0. The van der Waals surface area contributed by atoms with E-state index in [1.807, 2.05) is 6.92 Å². The molecule has 152 valence electrons. The minimum Gasteiger partial charge on any atom is -0.352 e. The van der Waals surface area contributed by atoms with Crippen LogP contribution in [-0.2, 0) is 10.5 Å². The summed E-state index contributed by atoms with van der Waals surface area (Å²) in [6.07, 6.45) is 5.97. The SMILES string of the molecule is CC(Sc1nnc(SCc2ccc(C(C)C)cc2)s1)C(=O)NC1CCCCC1. The van der Waals surface area contributed by atoms with Gasteiger partial charge >= 0.3 is 0 Å². The molecule has 0 spiro atoms. The fourth-order valence-corrected chi connectivity index (χ4v) is 6.35. The second-order valence-electron chi connectivity index (χ2n) is 7.62. The number of carbonyl (C=O) groups is 1. The van der Waals surface area contributed by atoms with Crippen LogP contribution in [0.3, 0.4) is 0 Å². The highest BCUT2D eigenvalue weighted by atomic mass is 32.2. The minimum atomic E-state index is -0.142. The predicted molar refractivity (Wildman–Crippen MR) is 120 cm³/mol. The first kappa shape index (κ1) is 21.7. The van der Waals surface area contributed by atoms with Crippen LogP contribution in [0.2, 0.25) is 0 Å². The zero-order valence-electron chi connectivity index (χ0n) is 16.8. The second-order valence-corrected chi connectivity index (χ2v) is 11.4. The third-order valence-corrected chi connectivity index (χ3v) is 8.31. The molecule has 0 radical (unpaired) electrons. The number of carbonyl (C=O) groups excluding carboxylic acids is 1. The van der Waals surface area contributed by atoms with E-state index in [0.717, 1.165) is 27.3 Å². The Labute approximate surface area is 180 Å². The van der Waals surface area contributed by atoms with Gasteiger partial charge in [-0.3, -0.25) is 4.79 Å². The number of nitrogens with one attached hydrogen (secondary N) is 1. The Morgan fingerprint density at radius 1 is 1.11 bits per heavy atom. The molecule has 1 N–H and O–H groups in total. The lowest BCUT2D eigenvalue weighted by Gasteiger charge is -2.24. The van der Waals surface area contributed by atoms with Crippen LogP contribution in [0, 0.1) is 0 Å². The Balaban J connectivity index is 1.45. The van der Waals surface area contributed by atoms with Crippen LogP contribution in [-0.4, -0.2) is 27.4 Å². The average molecular weight is 436 g/mol. The van der Waals surface area contributed by atoms with Crippen LogP contribution < -0.4 is 5.32 Å². The summed E-state index contributed by atoms with van der Waals surface area (Å²) >= 11 is 4.79. The number of aromatic nitrogens is 2. The standard InChI is InChI=1S/C21H29N3OS3/c1-14(2)17-11-9-16(10-12-17)13-26-20-23-24-21(28-20)27-15(3)19(25)22-18-7-5-4-6-8-18/h9-12,14-15,18H,4-8,13H2,1-3H3,(H,22,25). The highest BCUT2D eigenvalue weighted by molar-refractivity contribution is 8.03. The van der Waals surface area contributed by atoms with Gasteiger partial charge in [-0.15, -0.1) is 10.2 Å². The fourth-order valence-electron chi connectivity index (χ4n) is 3.22. The van der Waals surface area contributed by atoms with Gasteiger partial charge < -0.3 is 5.32 Å². The van der Waals surface area contributed by atoms with Gasteiger partial charge in [0.25, 0.3) is 0 Å². The highest BCUT2D eigenvalue weighted by Gasteiger charge is 2.21. The summed E-state index contributed by atoms with van der Waals surface area (Å²) in [5, 5.41) is 11.6. The zero-order chi connectivity index (χ0) is 19.9. The molecule has 1 aromatic carbocycles. The van der Waals surface area contributed by atoms with Crippen LogP contribution in [0.5, 0.6) is 0 Å². The maximum atomic E-state index is 12.4. The molecule has 1 aliphatic carbocycles. The van der Waals surface area contributed by atoms with E-state index in [0.29, 0.717) is 12.0 Å². The van der Waals surface area contributed by atoms with Gasteiger partial charge in [0.15, 0.2) is 8.68 Å². The van der Waals surface area contributed by atoms with E-state index in [9.17, 15) is 4.79 Å². The number of amides is 1. The van der Waals surface area contributed by atoms with Gasteiger partial charge in [-0.25, -0.2) is 0 Å². The molecular formula is C21H29N3OS3. The number of hydrogen-bond acceptors (Lipinski definition) is 6. The van der Waals surface area contributed by atoms with Crippen LogP contribution in [0.1, 0.15) is 69.9 Å². The molecule has 1 amide bonds. The van der Waals surface area contributed by atoms with Crippen molar-refractivity contribution >= 4 is 40.8 Å². The Kier molecular flexibility index (Phi) is 8.23. The lowest BCUT2D eigenvalue weighted by atomic mass is 9.95. The highest BCUT2D eigenvalue weighted by Crippen LogP contribution is 2.33. The van der Waals surface area contributed by atoms with Crippen molar-refractivity contribution in [3.05, 3.63) is 35.4 Å². The molecule has 7 heteroatoms. The smallest absolute Gasteiger partial charge is 0.233 e. The summed E-state index contributed by atoms with van der Waals surface area (Å²) in [6, 6.07) is 9.14. The van der Waals surface area contributed by atoms with Crippen molar-refractivity contribution in [3.8, 4) is 0 Å². The molecule has 3 rings (SSSR count). The molecule has 2 aromatic rings. The first-order valence-corrected chi connectivity index (χ1v) is 12.7. The average Bonchev–Trinajstić information content (AvgIpc) is 3.14. The normalized spacial score (nSPS) is 16.3. The Morgan fingerprint density at radius 3 is 2.46 bits per heavy atom. The van der Waals surface area contributed by atoms with E-state index in [-0.39, 0.29) is 11.2 Å². The molecule has 1 atom stereocenters. The van der Waals surface area contributed by atoms with Crippen molar-refractivity contribution in [2.24, 2.45) is 0 Å². The van der Waals surface area contributed by atoms with Gasteiger partial charge in [0.05, 0.1) is 5.25 Å². The number of nitrogens with zero attached hydrogens (tertiary/aromatic N) is 2. The van der Waals surface area contributed by atoms with Crippen molar-refractivity contribution in [3.63, 3.8) is 0 Å². The lowest BCUT2D eigenvalue weighted by Crippen LogP contribution is -2.40. The summed E-state index contributed by atoms with van der Waals surface area (Å²) in [6.45, 7) is 6.37. The molecule has 1 aromatic heterocycles. The number of rotatable bonds is 8. The summed E-state index contributed by atoms with van der Waals surface area (Å²) in [7, 11) is 0. The van der Waals surface area contributed by atoms with Gasteiger partial charge in [-0.05, 0) is 36.8 Å². The van der Waals surface area contributed by atoms with Crippen molar-refractivity contribution in [1.29, 1.82) is 0 Å². The molecule has 0 saturated heterocycles. The first-order chi connectivity index (χ1) is 13.5. The van der Waals surface area contributed by atoms with Gasteiger partial charge in [0, 0.05) is 11.8 Å². The van der Waals surface area contributed by atoms with Crippen molar-refractivity contribution in [2.45, 2.75) is 84.5 Å². The largest absolute Gasteiger partial charge is 0.352 e. The summed E-state index contributed by atoms with van der Waals surface area (Å²) in [5.41, 5.74) is 2.66. The predicted octanol–water partition coefficient (Wildman–Crippen LogP) is 5.88. The van der Waals surface area contributed by atoms with Crippen molar-refractivity contribution in [2.75, 3.05) is 0 Å². The van der Waals surface area contributed by atoms with Crippen LogP contribution in [0.4, 0.5) is 0 Å². The van der Waals surface area contributed by atoms with Gasteiger partial charge in [-0.2, -0.15) is 0 Å². The molecule has 28 heavy (non-hydrogen) atoms. The molecule has 1 saturated carbocycles. The van der Waals surface area contributed by atoms with E-state index in [1.165, 1.54) is 42.2 Å². The summed E-state index contributed by atoms with van der Waals surface area (Å²) < 4.78 is 1.82. The van der Waals surface area contributed by atoms with E-state index >= 15 is 0 Å². The minimum absolute atomic E-state index is 0.117. The van der Waals surface area contributed by atoms with Crippen LogP contribution in [0.15, 0.2) is 32.9 Å². The Morgan fingerprint density at radius 2 is 1.79 bits per heavy atom. The third kappa shape index (κ3) is 6.49. The Hall–Kier alpha value is -1.05.